The van der Waals surface area contributed by atoms with E-state index < -0.39 is 9.84 Å². The van der Waals surface area contributed by atoms with Gasteiger partial charge < -0.3 is 4.90 Å². The molecule has 2 aromatic carbocycles. The quantitative estimate of drug-likeness (QED) is 0.782. The molecule has 0 radical (unpaired) electrons. The summed E-state index contributed by atoms with van der Waals surface area (Å²) < 4.78 is 25.3. The van der Waals surface area contributed by atoms with E-state index in [9.17, 15) is 13.2 Å². The molecule has 1 atom stereocenters. The molecule has 1 fully saturated rings. The van der Waals surface area contributed by atoms with Crippen LogP contribution in [0.3, 0.4) is 0 Å². The van der Waals surface area contributed by atoms with Crippen LogP contribution in [-0.4, -0.2) is 37.6 Å². The standard InChI is InChI=1S/C21H25NO3S/c1-17-7-5-8-18(15-17)12-13-21(23)22-14-6-9-19(22)16-26(24,25)20-10-3-2-4-11-20/h2-5,7-8,10-11,15,19H,6,9,12-14,16H2,1H3. The van der Waals surface area contributed by atoms with Gasteiger partial charge in [-0.15, -0.1) is 0 Å². The number of likely N-dealkylation sites (tertiary alicyclic amines) is 1. The van der Waals surface area contributed by atoms with Gasteiger partial charge in [0, 0.05) is 19.0 Å². The molecule has 138 valence electrons. The van der Waals surface area contributed by atoms with E-state index >= 15 is 0 Å². The van der Waals surface area contributed by atoms with Crippen LogP contribution in [0, 0.1) is 6.92 Å². The smallest absolute Gasteiger partial charge is 0.223 e. The maximum Gasteiger partial charge on any atom is 0.223 e. The van der Waals surface area contributed by atoms with Crippen LogP contribution in [0.2, 0.25) is 0 Å². The highest BCUT2D eigenvalue weighted by atomic mass is 32.2. The van der Waals surface area contributed by atoms with E-state index in [1.807, 2.05) is 25.1 Å². The molecule has 4 nitrogen and oxygen atoms in total. The Kier molecular flexibility index (Phi) is 5.77. The fourth-order valence-corrected chi connectivity index (χ4v) is 5.19. The first kappa shape index (κ1) is 18.6. The molecule has 0 aliphatic carbocycles. The van der Waals surface area contributed by atoms with Crippen molar-refractivity contribution in [2.75, 3.05) is 12.3 Å². The zero-order valence-electron chi connectivity index (χ0n) is 15.1. The fourth-order valence-electron chi connectivity index (χ4n) is 3.58. The fraction of sp³-hybridized carbons (Fsp3) is 0.381. The summed E-state index contributed by atoms with van der Waals surface area (Å²) in [5, 5.41) is 0. The maximum atomic E-state index is 12.7. The maximum absolute atomic E-state index is 12.7. The molecule has 1 aliphatic heterocycles. The molecule has 1 heterocycles. The highest BCUT2D eigenvalue weighted by Crippen LogP contribution is 2.23. The van der Waals surface area contributed by atoms with Gasteiger partial charge in [0.1, 0.15) is 0 Å². The molecule has 5 heteroatoms. The largest absolute Gasteiger partial charge is 0.339 e. The predicted molar refractivity (Wildman–Crippen MR) is 103 cm³/mol. The van der Waals surface area contributed by atoms with Crippen LogP contribution >= 0.6 is 0 Å². The summed E-state index contributed by atoms with van der Waals surface area (Å²) in [6.07, 6.45) is 2.73. The van der Waals surface area contributed by atoms with Crippen molar-refractivity contribution < 1.29 is 13.2 Å². The minimum atomic E-state index is -3.38. The lowest BCUT2D eigenvalue weighted by Gasteiger charge is -2.24. The van der Waals surface area contributed by atoms with Crippen molar-refractivity contribution in [2.24, 2.45) is 0 Å². The van der Waals surface area contributed by atoms with Crippen molar-refractivity contribution in [3.8, 4) is 0 Å². The lowest BCUT2D eigenvalue weighted by Crippen LogP contribution is -2.39. The van der Waals surface area contributed by atoms with Crippen LogP contribution in [-0.2, 0) is 21.1 Å². The first-order valence-electron chi connectivity index (χ1n) is 9.08. The summed E-state index contributed by atoms with van der Waals surface area (Å²) >= 11 is 0. The van der Waals surface area contributed by atoms with Crippen molar-refractivity contribution in [2.45, 2.75) is 43.5 Å². The zero-order chi connectivity index (χ0) is 18.6. The molecule has 0 aromatic heterocycles. The van der Waals surface area contributed by atoms with E-state index in [4.69, 9.17) is 0 Å². The molecule has 1 saturated heterocycles. The van der Waals surface area contributed by atoms with Gasteiger partial charge in [-0.25, -0.2) is 8.42 Å². The molecule has 1 amide bonds. The molecule has 0 N–H and O–H groups in total. The summed E-state index contributed by atoms with van der Waals surface area (Å²) in [5.74, 6) is 0.0602. The third-order valence-electron chi connectivity index (χ3n) is 4.92. The average molecular weight is 372 g/mol. The SMILES string of the molecule is Cc1cccc(CCC(=O)N2CCCC2CS(=O)(=O)c2ccccc2)c1. The van der Waals surface area contributed by atoms with Crippen LogP contribution < -0.4 is 0 Å². The normalized spacial score (nSPS) is 17.4. The van der Waals surface area contributed by atoms with E-state index in [1.165, 1.54) is 5.56 Å². The van der Waals surface area contributed by atoms with Crippen molar-refractivity contribution in [1.29, 1.82) is 0 Å². The minimum absolute atomic E-state index is 0.00714. The Morgan fingerprint density at radius 2 is 1.88 bits per heavy atom. The number of aryl methyl sites for hydroxylation is 2. The zero-order valence-corrected chi connectivity index (χ0v) is 15.9. The van der Waals surface area contributed by atoms with Crippen LogP contribution in [0.1, 0.15) is 30.4 Å². The Balaban J connectivity index is 1.63. The van der Waals surface area contributed by atoms with Gasteiger partial charge in [-0.1, -0.05) is 48.0 Å². The van der Waals surface area contributed by atoms with Gasteiger partial charge in [-0.05, 0) is 43.9 Å². The minimum Gasteiger partial charge on any atom is -0.339 e. The van der Waals surface area contributed by atoms with Crippen molar-refractivity contribution >= 4 is 15.7 Å². The molecule has 1 aliphatic rings. The Labute approximate surface area is 155 Å². The number of carbonyl (C=O) groups is 1. The van der Waals surface area contributed by atoms with Gasteiger partial charge >= 0.3 is 0 Å². The summed E-state index contributed by atoms with van der Waals surface area (Å²) in [7, 11) is -3.38. The second-order valence-electron chi connectivity index (χ2n) is 6.97. The summed E-state index contributed by atoms with van der Waals surface area (Å²) in [4.78, 5) is 14.8. The molecule has 26 heavy (non-hydrogen) atoms. The topological polar surface area (TPSA) is 54.5 Å². The van der Waals surface area contributed by atoms with E-state index in [1.54, 1.807) is 35.2 Å². The number of hydrogen-bond acceptors (Lipinski definition) is 3. The average Bonchev–Trinajstić information content (AvgIpc) is 3.08. The van der Waals surface area contributed by atoms with Crippen LogP contribution in [0.15, 0.2) is 59.5 Å². The molecular weight excluding hydrogens is 346 g/mol. The van der Waals surface area contributed by atoms with Gasteiger partial charge in [0.05, 0.1) is 10.6 Å². The Morgan fingerprint density at radius 1 is 1.12 bits per heavy atom. The second kappa shape index (κ2) is 8.04. The monoisotopic (exact) mass is 371 g/mol. The number of hydrogen-bond donors (Lipinski definition) is 0. The van der Waals surface area contributed by atoms with E-state index in [0.29, 0.717) is 24.3 Å². The first-order chi connectivity index (χ1) is 12.5. The third-order valence-corrected chi connectivity index (χ3v) is 6.74. The molecule has 2 aromatic rings. The van der Waals surface area contributed by atoms with E-state index in [0.717, 1.165) is 18.4 Å². The van der Waals surface area contributed by atoms with Crippen molar-refractivity contribution in [1.82, 2.24) is 4.90 Å². The van der Waals surface area contributed by atoms with Crippen LogP contribution in [0.5, 0.6) is 0 Å². The highest BCUT2D eigenvalue weighted by Gasteiger charge is 2.32. The van der Waals surface area contributed by atoms with E-state index in [2.05, 4.69) is 6.07 Å². The lowest BCUT2D eigenvalue weighted by molar-refractivity contribution is -0.131. The number of rotatable bonds is 6. The van der Waals surface area contributed by atoms with Crippen LogP contribution in [0.25, 0.3) is 0 Å². The summed E-state index contributed by atoms with van der Waals surface area (Å²) in [5.41, 5.74) is 2.33. The molecular formula is C21H25NO3S. The molecule has 0 bridgehead atoms. The first-order valence-corrected chi connectivity index (χ1v) is 10.7. The highest BCUT2D eigenvalue weighted by molar-refractivity contribution is 7.91. The number of benzene rings is 2. The number of sulfone groups is 1. The number of carbonyl (C=O) groups excluding carboxylic acids is 1. The van der Waals surface area contributed by atoms with Gasteiger partial charge in [-0.2, -0.15) is 0 Å². The van der Waals surface area contributed by atoms with E-state index in [-0.39, 0.29) is 17.7 Å². The van der Waals surface area contributed by atoms with Gasteiger partial charge in [0.25, 0.3) is 0 Å². The molecule has 3 rings (SSSR count). The number of nitrogens with zero attached hydrogens (tertiary/aromatic N) is 1. The molecule has 1 unspecified atom stereocenters. The Hall–Kier alpha value is -2.14. The molecule has 0 spiro atoms. The summed E-state index contributed by atoms with van der Waals surface area (Å²) in [6.45, 7) is 2.69. The summed E-state index contributed by atoms with van der Waals surface area (Å²) in [6, 6.07) is 16.4. The lowest BCUT2D eigenvalue weighted by atomic mass is 10.1. The van der Waals surface area contributed by atoms with Crippen molar-refractivity contribution in [3.05, 3.63) is 65.7 Å². The number of amides is 1. The third kappa shape index (κ3) is 4.52. The molecule has 0 saturated carbocycles. The Morgan fingerprint density at radius 3 is 2.62 bits per heavy atom. The van der Waals surface area contributed by atoms with Gasteiger partial charge in [0.2, 0.25) is 5.91 Å². The second-order valence-corrected chi connectivity index (χ2v) is 9.00. The Bertz CT molecular complexity index is 862. The van der Waals surface area contributed by atoms with Gasteiger partial charge in [-0.3, -0.25) is 4.79 Å². The van der Waals surface area contributed by atoms with Gasteiger partial charge in [0.15, 0.2) is 9.84 Å². The van der Waals surface area contributed by atoms with Crippen LogP contribution in [0.4, 0.5) is 0 Å². The van der Waals surface area contributed by atoms with Crippen molar-refractivity contribution in [3.63, 3.8) is 0 Å². The predicted octanol–water partition coefficient (Wildman–Crippen LogP) is 3.39.